The summed E-state index contributed by atoms with van der Waals surface area (Å²) in [6, 6.07) is 14.9. The van der Waals surface area contributed by atoms with Gasteiger partial charge >= 0.3 is 12.1 Å². The first-order valence-corrected chi connectivity index (χ1v) is 12.9. The zero-order valence-electron chi connectivity index (χ0n) is 22.2. The summed E-state index contributed by atoms with van der Waals surface area (Å²) < 4.78 is 61.9. The van der Waals surface area contributed by atoms with E-state index < -0.39 is 23.8 Å². The molecule has 1 aliphatic rings. The molecule has 0 radical (unpaired) electrons. The molecular weight excluding hydrogens is 545 g/mol. The van der Waals surface area contributed by atoms with Gasteiger partial charge in [-0.25, -0.2) is 4.79 Å². The molecule has 0 spiro atoms. The number of carbonyl (C=O) groups is 1. The Bertz CT molecular complexity index is 1360. The number of nitrogens with zero attached hydrogens (tertiary/aromatic N) is 1. The molecule has 212 valence electrons. The van der Waals surface area contributed by atoms with E-state index in [-0.39, 0.29) is 24.0 Å². The minimum Gasteiger partial charge on any atom is -0.493 e. The first-order valence-electron chi connectivity index (χ1n) is 12.5. The summed E-state index contributed by atoms with van der Waals surface area (Å²) in [5.41, 5.74) is 1.77. The highest BCUT2D eigenvalue weighted by molar-refractivity contribution is 7.80. The highest BCUT2D eigenvalue weighted by Gasteiger charge is 2.33. The molecule has 7 nitrogen and oxygen atoms in total. The fraction of sp³-hybridized carbons (Fsp3) is 0.310. The lowest BCUT2D eigenvalue weighted by Gasteiger charge is -2.39. The Morgan fingerprint density at radius 2 is 1.75 bits per heavy atom. The van der Waals surface area contributed by atoms with Gasteiger partial charge in [0.25, 0.3) is 0 Å². The number of hydrogen-bond donors (Lipinski definition) is 1. The molecule has 1 aliphatic heterocycles. The number of methoxy groups -OCH3 is 2. The van der Waals surface area contributed by atoms with Gasteiger partial charge in [0.15, 0.2) is 16.6 Å². The van der Waals surface area contributed by atoms with Crippen LogP contribution in [0.1, 0.15) is 40.0 Å². The monoisotopic (exact) mass is 574 g/mol. The standard InChI is InChI=1S/C29H29F3N2O5S/c1-4-38-27(35)18-8-10-22(11-9-18)39-17-24-23-16-26(37-3)25(36-2)14-19(23)12-13-34(24)28(40)33-21-7-5-6-20(15-21)29(30,31)32/h5-11,14-16,24H,4,12-13,17H2,1-3H3,(H,33,40). The van der Waals surface area contributed by atoms with Gasteiger partial charge in [0, 0.05) is 12.2 Å². The van der Waals surface area contributed by atoms with Crippen molar-refractivity contribution < 1.29 is 36.9 Å². The third-order valence-electron chi connectivity index (χ3n) is 6.48. The number of fused-ring (bicyclic) bond motifs is 1. The molecule has 0 saturated carbocycles. The molecule has 3 aromatic rings. The normalized spacial score (nSPS) is 14.7. The van der Waals surface area contributed by atoms with Crippen LogP contribution in [-0.4, -0.2) is 50.0 Å². The second kappa shape index (κ2) is 12.5. The van der Waals surface area contributed by atoms with E-state index in [1.54, 1.807) is 45.4 Å². The molecule has 1 heterocycles. The summed E-state index contributed by atoms with van der Waals surface area (Å²) in [6.07, 6.45) is -3.86. The van der Waals surface area contributed by atoms with Gasteiger partial charge in [-0.05, 0) is 91.3 Å². The molecule has 4 rings (SSSR count). The number of ether oxygens (including phenoxy) is 4. The molecule has 0 aromatic heterocycles. The summed E-state index contributed by atoms with van der Waals surface area (Å²) in [5.74, 6) is 1.23. The summed E-state index contributed by atoms with van der Waals surface area (Å²) in [5, 5.41) is 3.22. The Kier molecular flexibility index (Phi) is 9.03. The largest absolute Gasteiger partial charge is 0.493 e. The Balaban J connectivity index is 1.61. The van der Waals surface area contributed by atoms with Crippen LogP contribution in [-0.2, 0) is 17.3 Å². The number of carbonyl (C=O) groups excluding carboxylic acids is 1. The van der Waals surface area contributed by atoms with Crippen LogP contribution >= 0.6 is 12.2 Å². The molecular formula is C29H29F3N2O5S. The number of hydrogen-bond acceptors (Lipinski definition) is 6. The van der Waals surface area contributed by atoms with Gasteiger partial charge in [-0.15, -0.1) is 0 Å². The Hall–Kier alpha value is -3.99. The van der Waals surface area contributed by atoms with Gasteiger partial charge in [0.05, 0.1) is 38.0 Å². The number of thiocarbonyl (C=S) groups is 1. The lowest BCUT2D eigenvalue weighted by atomic mass is 9.92. The van der Waals surface area contributed by atoms with Gasteiger partial charge in [0.2, 0.25) is 0 Å². The molecule has 0 bridgehead atoms. The number of halogens is 3. The van der Waals surface area contributed by atoms with Crippen molar-refractivity contribution in [3.63, 3.8) is 0 Å². The molecule has 1 unspecified atom stereocenters. The molecule has 0 fully saturated rings. The summed E-state index contributed by atoms with van der Waals surface area (Å²) >= 11 is 5.68. The maximum Gasteiger partial charge on any atom is 0.416 e. The van der Waals surface area contributed by atoms with Crippen molar-refractivity contribution in [1.29, 1.82) is 0 Å². The van der Waals surface area contributed by atoms with Crippen molar-refractivity contribution >= 4 is 29.0 Å². The van der Waals surface area contributed by atoms with Crippen LogP contribution in [0.4, 0.5) is 18.9 Å². The number of esters is 1. The number of anilines is 1. The van der Waals surface area contributed by atoms with E-state index in [0.29, 0.717) is 35.8 Å². The maximum absolute atomic E-state index is 13.3. The van der Waals surface area contributed by atoms with Crippen LogP contribution in [0.15, 0.2) is 60.7 Å². The van der Waals surface area contributed by atoms with E-state index in [1.807, 2.05) is 17.0 Å². The Morgan fingerprint density at radius 3 is 2.40 bits per heavy atom. The van der Waals surface area contributed by atoms with Crippen LogP contribution in [0.3, 0.4) is 0 Å². The number of benzene rings is 3. The van der Waals surface area contributed by atoms with E-state index in [2.05, 4.69) is 5.32 Å². The second-order valence-corrected chi connectivity index (χ2v) is 9.32. The van der Waals surface area contributed by atoms with Gasteiger partial charge < -0.3 is 29.2 Å². The fourth-order valence-electron chi connectivity index (χ4n) is 4.50. The van der Waals surface area contributed by atoms with Crippen LogP contribution < -0.4 is 19.5 Å². The molecule has 40 heavy (non-hydrogen) atoms. The van der Waals surface area contributed by atoms with Gasteiger partial charge in [-0.2, -0.15) is 13.2 Å². The van der Waals surface area contributed by atoms with E-state index in [0.717, 1.165) is 23.3 Å². The van der Waals surface area contributed by atoms with Crippen molar-refractivity contribution in [3.05, 3.63) is 82.9 Å². The lowest BCUT2D eigenvalue weighted by Crippen LogP contribution is -2.44. The summed E-state index contributed by atoms with van der Waals surface area (Å²) in [4.78, 5) is 13.9. The van der Waals surface area contributed by atoms with E-state index in [9.17, 15) is 18.0 Å². The SMILES string of the molecule is CCOC(=O)c1ccc(OCC2c3cc(OC)c(OC)cc3CCN2C(=S)Nc2cccc(C(F)(F)F)c2)cc1. The third-order valence-corrected chi connectivity index (χ3v) is 6.81. The minimum atomic E-state index is -4.47. The fourth-order valence-corrected chi connectivity index (χ4v) is 4.83. The Morgan fingerprint density at radius 1 is 1.05 bits per heavy atom. The van der Waals surface area contributed by atoms with E-state index >= 15 is 0 Å². The topological polar surface area (TPSA) is 69.3 Å². The highest BCUT2D eigenvalue weighted by Crippen LogP contribution is 2.39. The maximum atomic E-state index is 13.3. The van der Waals surface area contributed by atoms with Crippen molar-refractivity contribution in [2.45, 2.75) is 25.6 Å². The van der Waals surface area contributed by atoms with E-state index in [4.69, 9.17) is 31.2 Å². The zero-order chi connectivity index (χ0) is 28.9. The molecule has 1 N–H and O–H groups in total. The lowest BCUT2D eigenvalue weighted by molar-refractivity contribution is -0.137. The predicted octanol–water partition coefficient (Wildman–Crippen LogP) is 6.27. The molecule has 0 amide bonds. The van der Waals surface area contributed by atoms with Crippen LogP contribution in [0.5, 0.6) is 17.2 Å². The molecule has 0 saturated heterocycles. The van der Waals surface area contributed by atoms with Crippen molar-refractivity contribution in [2.75, 3.05) is 39.3 Å². The van der Waals surface area contributed by atoms with Gasteiger partial charge in [-0.3, -0.25) is 0 Å². The second-order valence-electron chi connectivity index (χ2n) is 8.93. The van der Waals surface area contributed by atoms with Crippen LogP contribution in [0.2, 0.25) is 0 Å². The number of nitrogens with one attached hydrogen (secondary N) is 1. The van der Waals surface area contributed by atoms with Crippen molar-refractivity contribution in [1.82, 2.24) is 4.90 Å². The van der Waals surface area contributed by atoms with Gasteiger partial charge in [0.1, 0.15) is 12.4 Å². The van der Waals surface area contributed by atoms with Crippen molar-refractivity contribution in [3.8, 4) is 17.2 Å². The van der Waals surface area contributed by atoms with Crippen molar-refractivity contribution in [2.24, 2.45) is 0 Å². The predicted molar refractivity (Wildman–Crippen MR) is 148 cm³/mol. The average molecular weight is 575 g/mol. The summed E-state index contributed by atoms with van der Waals surface area (Å²) in [7, 11) is 3.11. The van der Waals surface area contributed by atoms with Gasteiger partial charge in [-0.1, -0.05) is 6.07 Å². The molecule has 0 aliphatic carbocycles. The highest BCUT2D eigenvalue weighted by atomic mass is 32.1. The van der Waals surface area contributed by atoms with E-state index in [1.165, 1.54) is 12.1 Å². The molecule has 3 aromatic carbocycles. The molecule has 1 atom stereocenters. The first-order chi connectivity index (χ1) is 19.1. The smallest absolute Gasteiger partial charge is 0.416 e. The van der Waals surface area contributed by atoms with Crippen LogP contribution in [0, 0.1) is 0 Å². The quantitative estimate of drug-likeness (QED) is 0.249. The Labute approximate surface area is 235 Å². The third kappa shape index (κ3) is 6.59. The first kappa shape index (κ1) is 29.0. The minimum absolute atomic E-state index is 0.158. The zero-order valence-corrected chi connectivity index (χ0v) is 23.0. The average Bonchev–Trinajstić information content (AvgIpc) is 2.95. The number of alkyl halides is 3. The summed E-state index contributed by atoms with van der Waals surface area (Å²) in [6.45, 7) is 2.66. The van der Waals surface area contributed by atoms with Crippen LogP contribution in [0.25, 0.3) is 0 Å². The number of rotatable bonds is 8. The molecule has 11 heteroatoms.